The van der Waals surface area contributed by atoms with Gasteiger partial charge in [-0.05, 0) is 55.3 Å². The molecule has 0 saturated carbocycles. The molecule has 1 amide bonds. The van der Waals surface area contributed by atoms with Gasteiger partial charge < -0.3 is 9.47 Å². The number of carbonyl (C=O) groups excluding carboxylic acids is 1. The second kappa shape index (κ2) is 6.81. The molecule has 6 heteroatoms. The minimum Gasteiger partial charge on any atom is -0.456 e. The molecule has 0 saturated heterocycles. The highest BCUT2D eigenvalue weighted by Crippen LogP contribution is 2.35. The SMILES string of the molecule is CCOC(=O)N1CCc2cc(Oc3ccc(C#N)cc3Cl)ccc21. The summed E-state index contributed by atoms with van der Waals surface area (Å²) in [6.45, 7) is 2.73. The van der Waals surface area contributed by atoms with E-state index in [0.717, 1.165) is 17.7 Å². The van der Waals surface area contributed by atoms with Gasteiger partial charge in [0.25, 0.3) is 0 Å². The van der Waals surface area contributed by atoms with Gasteiger partial charge in [-0.25, -0.2) is 4.79 Å². The number of ether oxygens (including phenoxy) is 2. The Hall–Kier alpha value is -2.71. The van der Waals surface area contributed by atoms with E-state index in [0.29, 0.717) is 35.2 Å². The molecule has 24 heavy (non-hydrogen) atoms. The molecule has 0 unspecified atom stereocenters. The monoisotopic (exact) mass is 342 g/mol. The number of nitriles is 1. The van der Waals surface area contributed by atoms with Gasteiger partial charge in [0.15, 0.2) is 0 Å². The highest BCUT2D eigenvalue weighted by atomic mass is 35.5. The summed E-state index contributed by atoms with van der Waals surface area (Å²) in [4.78, 5) is 13.5. The third-order valence-corrected chi connectivity index (χ3v) is 4.02. The predicted octanol–water partition coefficient (Wildman–Crippen LogP) is 4.52. The number of nitrogens with zero attached hydrogens (tertiary/aromatic N) is 2. The van der Waals surface area contributed by atoms with Crippen molar-refractivity contribution in [2.45, 2.75) is 13.3 Å². The summed E-state index contributed by atoms with van der Waals surface area (Å²) in [6, 6.07) is 12.4. The summed E-state index contributed by atoms with van der Waals surface area (Å²) in [6.07, 6.45) is 0.409. The fourth-order valence-electron chi connectivity index (χ4n) is 2.61. The zero-order chi connectivity index (χ0) is 17.1. The molecule has 0 aromatic heterocycles. The van der Waals surface area contributed by atoms with Gasteiger partial charge in [-0.3, -0.25) is 4.90 Å². The lowest BCUT2D eigenvalue weighted by Gasteiger charge is -2.16. The van der Waals surface area contributed by atoms with Gasteiger partial charge in [0.05, 0.1) is 28.9 Å². The van der Waals surface area contributed by atoms with E-state index in [1.165, 1.54) is 0 Å². The topological polar surface area (TPSA) is 62.6 Å². The Morgan fingerprint density at radius 1 is 1.33 bits per heavy atom. The van der Waals surface area contributed by atoms with Gasteiger partial charge in [-0.1, -0.05) is 11.6 Å². The van der Waals surface area contributed by atoms with Crippen molar-refractivity contribution >= 4 is 23.4 Å². The molecule has 122 valence electrons. The molecule has 2 aromatic carbocycles. The van der Waals surface area contributed by atoms with E-state index >= 15 is 0 Å². The molecule has 0 N–H and O–H groups in total. The van der Waals surface area contributed by atoms with Crippen LogP contribution in [-0.2, 0) is 11.2 Å². The number of anilines is 1. The van der Waals surface area contributed by atoms with Crippen LogP contribution in [-0.4, -0.2) is 19.2 Å². The molecule has 0 radical (unpaired) electrons. The minimum absolute atomic E-state index is 0.333. The van der Waals surface area contributed by atoms with Gasteiger partial charge in [-0.2, -0.15) is 5.26 Å². The number of hydrogen-bond acceptors (Lipinski definition) is 4. The molecule has 0 aliphatic carbocycles. The standard InChI is InChI=1S/C18H15ClN2O3/c1-2-23-18(22)21-8-7-13-10-14(4-5-16(13)21)24-17-6-3-12(11-20)9-15(17)19/h3-6,9-10H,2,7-8H2,1H3. The van der Waals surface area contributed by atoms with Crippen LogP contribution in [0.3, 0.4) is 0 Å². The summed E-state index contributed by atoms with van der Waals surface area (Å²) in [5, 5.41) is 9.24. The fraction of sp³-hybridized carbons (Fsp3) is 0.222. The Morgan fingerprint density at radius 3 is 2.88 bits per heavy atom. The van der Waals surface area contributed by atoms with Crippen molar-refractivity contribution < 1.29 is 14.3 Å². The molecule has 1 aliphatic heterocycles. The summed E-state index contributed by atoms with van der Waals surface area (Å²) in [5.41, 5.74) is 2.34. The van der Waals surface area contributed by atoms with Gasteiger partial charge >= 0.3 is 6.09 Å². The fourth-order valence-corrected chi connectivity index (χ4v) is 2.83. The Morgan fingerprint density at radius 2 is 2.17 bits per heavy atom. The molecule has 0 atom stereocenters. The van der Waals surface area contributed by atoms with E-state index in [2.05, 4.69) is 0 Å². The lowest BCUT2D eigenvalue weighted by Crippen LogP contribution is -2.29. The lowest BCUT2D eigenvalue weighted by molar-refractivity contribution is 0.160. The van der Waals surface area contributed by atoms with Crippen LogP contribution in [0, 0.1) is 11.3 Å². The lowest BCUT2D eigenvalue weighted by atomic mass is 10.1. The highest BCUT2D eigenvalue weighted by molar-refractivity contribution is 6.32. The van der Waals surface area contributed by atoms with Gasteiger partial charge in [0.1, 0.15) is 11.5 Å². The smallest absolute Gasteiger partial charge is 0.414 e. The first-order valence-electron chi connectivity index (χ1n) is 7.57. The number of fused-ring (bicyclic) bond motifs is 1. The first kappa shape index (κ1) is 16.2. The number of carbonyl (C=O) groups is 1. The molecule has 0 bridgehead atoms. The minimum atomic E-state index is -0.333. The largest absolute Gasteiger partial charge is 0.456 e. The molecule has 5 nitrogen and oxygen atoms in total. The van der Waals surface area contributed by atoms with Crippen molar-refractivity contribution in [1.29, 1.82) is 5.26 Å². The Kier molecular flexibility index (Phi) is 4.59. The Bertz CT molecular complexity index is 829. The van der Waals surface area contributed by atoms with E-state index in [4.69, 9.17) is 26.3 Å². The second-order valence-corrected chi connectivity index (χ2v) is 5.66. The second-order valence-electron chi connectivity index (χ2n) is 5.25. The predicted molar refractivity (Wildman–Crippen MR) is 90.8 cm³/mol. The van der Waals surface area contributed by atoms with Crippen LogP contribution >= 0.6 is 11.6 Å². The summed E-state index contributed by atoms with van der Waals surface area (Å²) < 4.78 is 10.9. The van der Waals surface area contributed by atoms with Gasteiger partial charge in [0, 0.05) is 6.54 Å². The third-order valence-electron chi connectivity index (χ3n) is 3.72. The molecule has 1 heterocycles. The van der Waals surface area contributed by atoms with Crippen LogP contribution in [0.4, 0.5) is 10.5 Å². The molecular formula is C18H15ClN2O3. The highest BCUT2D eigenvalue weighted by Gasteiger charge is 2.26. The Balaban J connectivity index is 1.81. The molecular weight excluding hydrogens is 328 g/mol. The van der Waals surface area contributed by atoms with Crippen LogP contribution in [0.2, 0.25) is 5.02 Å². The quantitative estimate of drug-likeness (QED) is 0.822. The van der Waals surface area contributed by atoms with Crippen LogP contribution in [0.1, 0.15) is 18.1 Å². The first-order valence-corrected chi connectivity index (χ1v) is 7.95. The van der Waals surface area contributed by atoms with E-state index in [1.54, 1.807) is 36.1 Å². The van der Waals surface area contributed by atoms with Crippen LogP contribution < -0.4 is 9.64 Å². The number of amides is 1. The van der Waals surface area contributed by atoms with E-state index in [9.17, 15) is 4.79 Å². The maximum absolute atomic E-state index is 11.9. The van der Waals surface area contributed by atoms with Crippen LogP contribution in [0.5, 0.6) is 11.5 Å². The van der Waals surface area contributed by atoms with Crippen molar-refractivity contribution in [1.82, 2.24) is 0 Å². The molecule has 2 aromatic rings. The zero-order valence-corrected chi connectivity index (χ0v) is 13.8. The normalized spacial score (nSPS) is 12.5. The van der Waals surface area contributed by atoms with Gasteiger partial charge in [0.2, 0.25) is 0 Å². The number of rotatable bonds is 3. The Labute approximate surface area is 145 Å². The van der Waals surface area contributed by atoms with E-state index in [1.807, 2.05) is 18.2 Å². The van der Waals surface area contributed by atoms with Crippen LogP contribution in [0.25, 0.3) is 0 Å². The number of benzene rings is 2. The third kappa shape index (κ3) is 3.15. The molecule has 0 fully saturated rings. The van der Waals surface area contributed by atoms with Gasteiger partial charge in [-0.15, -0.1) is 0 Å². The molecule has 1 aliphatic rings. The molecule has 3 rings (SSSR count). The van der Waals surface area contributed by atoms with Crippen molar-refractivity contribution in [3.8, 4) is 17.6 Å². The van der Waals surface area contributed by atoms with Crippen molar-refractivity contribution in [3.63, 3.8) is 0 Å². The van der Waals surface area contributed by atoms with Crippen LogP contribution in [0.15, 0.2) is 36.4 Å². The summed E-state index contributed by atoms with van der Waals surface area (Å²) in [5.74, 6) is 1.11. The first-order chi connectivity index (χ1) is 11.6. The maximum atomic E-state index is 11.9. The van der Waals surface area contributed by atoms with Crippen molar-refractivity contribution in [2.24, 2.45) is 0 Å². The average molecular weight is 343 g/mol. The van der Waals surface area contributed by atoms with Crippen molar-refractivity contribution in [3.05, 3.63) is 52.5 Å². The molecule has 0 spiro atoms. The maximum Gasteiger partial charge on any atom is 0.414 e. The number of halogens is 1. The summed E-state index contributed by atoms with van der Waals surface area (Å²) >= 11 is 6.13. The number of hydrogen-bond donors (Lipinski definition) is 0. The van der Waals surface area contributed by atoms with E-state index < -0.39 is 0 Å². The zero-order valence-electron chi connectivity index (χ0n) is 13.1. The van der Waals surface area contributed by atoms with Crippen molar-refractivity contribution in [2.75, 3.05) is 18.1 Å². The van der Waals surface area contributed by atoms with E-state index in [-0.39, 0.29) is 6.09 Å². The summed E-state index contributed by atoms with van der Waals surface area (Å²) in [7, 11) is 0. The average Bonchev–Trinajstić information content (AvgIpc) is 3.00.